The average molecular weight is 339 g/mol. The smallest absolute Gasteiger partial charge is 0.199 e. The molecule has 0 bridgehead atoms. The number of Topliss-reactive ketones (excluding diaryl/α,β-unsaturated/α-hetero) is 1. The fourth-order valence-corrected chi connectivity index (χ4v) is 2.86. The van der Waals surface area contributed by atoms with E-state index in [1.165, 1.54) is 12.3 Å². The summed E-state index contributed by atoms with van der Waals surface area (Å²) in [7, 11) is 0. The molecule has 0 fully saturated rings. The third-order valence-electron chi connectivity index (χ3n) is 3.90. The minimum atomic E-state index is -0.202. The standard InChI is InChI=1S/C19H11ClO4/c20-13-5-6-17-15(8-13)19(22)12(10-24-17)7-11-9-23-16-4-2-1-3-14(16)18(11)21/h1-9H,10H2/b12-7+. The Morgan fingerprint density at radius 1 is 1.08 bits per heavy atom. The molecule has 0 saturated carbocycles. The van der Waals surface area contributed by atoms with Crippen LogP contribution in [0.4, 0.5) is 0 Å². The zero-order chi connectivity index (χ0) is 16.7. The Hall–Kier alpha value is -2.85. The molecule has 1 aliphatic heterocycles. The molecule has 0 amide bonds. The zero-order valence-corrected chi connectivity index (χ0v) is 13.2. The molecule has 1 aromatic heterocycles. The molecule has 1 aliphatic rings. The van der Waals surface area contributed by atoms with Crippen molar-refractivity contribution >= 4 is 34.4 Å². The van der Waals surface area contributed by atoms with Gasteiger partial charge in [0.25, 0.3) is 0 Å². The minimum Gasteiger partial charge on any atom is -0.488 e. The van der Waals surface area contributed by atoms with Gasteiger partial charge in [-0.25, -0.2) is 0 Å². The molecule has 118 valence electrons. The predicted molar refractivity (Wildman–Crippen MR) is 91.7 cm³/mol. The van der Waals surface area contributed by atoms with E-state index in [2.05, 4.69) is 0 Å². The van der Waals surface area contributed by atoms with Gasteiger partial charge in [0.05, 0.1) is 16.5 Å². The molecule has 24 heavy (non-hydrogen) atoms. The molecule has 0 spiro atoms. The lowest BCUT2D eigenvalue weighted by Crippen LogP contribution is -2.19. The number of carbonyl (C=O) groups is 1. The highest BCUT2D eigenvalue weighted by atomic mass is 35.5. The Kier molecular flexibility index (Phi) is 3.47. The normalized spacial score (nSPS) is 15.4. The van der Waals surface area contributed by atoms with Crippen LogP contribution in [-0.4, -0.2) is 12.4 Å². The summed E-state index contributed by atoms with van der Waals surface area (Å²) in [6.07, 6.45) is 2.88. The summed E-state index contributed by atoms with van der Waals surface area (Å²) in [6, 6.07) is 11.9. The first-order chi connectivity index (χ1) is 11.6. The SMILES string of the molecule is O=C1/C(=C/c2coc3ccccc3c2=O)COc2ccc(Cl)cc21. The van der Waals surface area contributed by atoms with Crippen molar-refractivity contribution in [1.29, 1.82) is 0 Å². The van der Waals surface area contributed by atoms with Crippen LogP contribution in [-0.2, 0) is 0 Å². The number of fused-ring (bicyclic) bond motifs is 2. The van der Waals surface area contributed by atoms with E-state index in [4.69, 9.17) is 20.8 Å². The van der Waals surface area contributed by atoms with Crippen LogP contribution in [0.2, 0.25) is 5.02 Å². The Morgan fingerprint density at radius 3 is 2.79 bits per heavy atom. The highest BCUT2D eigenvalue weighted by Gasteiger charge is 2.24. The molecular weight excluding hydrogens is 328 g/mol. The summed E-state index contributed by atoms with van der Waals surface area (Å²) < 4.78 is 11.1. The number of halogens is 1. The van der Waals surface area contributed by atoms with Crippen molar-refractivity contribution in [3.05, 3.63) is 80.7 Å². The maximum absolute atomic E-state index is 12.6. The van der Waals surface area contributed by atoms with E-state index >= 15 is 0 Å². The first-order valence-corrected chi connectivity index (χ1v) is 7.69. The van der Waals surface area contributed by atoms with Gasteiger partial charge in [-0.1, -0.05) is 23.7 Å². The maximum Gasteiger partial charge on any atom is 0.199 e. The number of rotatable bonds is 1. The van der Waals surface area contributed by atoms with Gasteiger partial charge in [0.15, 0.2) is 11.2 Å². The summed E-state index contributed by atoms with van der Waals surface area (Å²) in [5.74, 6) is 0.290. The summed E-state index contributed by atoms with van der Waals surface area (Å²) in [5, 5.41) is 0.927. The first-order valence-electron chi connectivity index (χ1n) is 7.31. The van der Waals surface area contributed by atoms with Gasteiger partial charge in [0, 0.05) is 10.6 Å². The number of benzene rings is 2. The second-order valence-corrected chi connectivity index (χ2v) is 5.88. The van der Waals surface area contributed by atoms with Crippen molar-refractivity contribution in [1.82, 2.24) is 0 Å². The lowest BCUT2D eigenvalue weighted by atomic mass is 9.98. The predicted octanol–water partition coefficient (Wildman–Crippen LogP) is 4.11. The van der Waals surface area contributed by atoms with Crippen LogP contribution in [0.1, 0.15) is 15.9 Å². The maximum atomic E-state index is 12.6. The highest BCUT2D eigenvalue weighted by molar-refractivity contribution is 6.31. The molecule has 4 rings (SSSR count). The van der Waals surface area contributed by atoms with Crippen molar-refractivity contribution < 1.29 is 13.9 Å². The van der Waals surface area contributed by atoms with Crippen LogP contribution >= 0.6 is 11.6 Å². The van der Waals surface area contributed by atoms with Gasteiger partial charge in [-0.05, 0) is 36.4 Å². The molecule has 0 aliphatic carbocycles. The Bertz CT molecular complexity index is 1060. The quantitative estimate of drug-likeness (QED) is 0.627. The second kappa shape index (κ2) is 5.65. The van der Waals surface area contributed by atoms with Crippen molar-refractivity contribution in [3.63, 3.8) is 0 Å². The van der Waals surface area contributed by atoms with E-state index in [-0.39, 0.29) is 17.8 Å². The molecule has 0 radical (unpaired) electrons. The average Bonchev–Trinajstić information content (AvgIpc) is 2.60. The minimum absolute atomic E-state index is 0.0970. The summed E-state index contributed by atoms with van der Waals surface area (Å²) >= 11 is 5.95. The lowest BCUT2D eigenvalue weighted by molar-refractivity contribution is 0.100. The second-order valence-electron chi connectivity index (χ2n) is 5.44. The number of ketones is 1. The number of para-hydroxylation sites is 1. The molecular formula is C19H11ClO4. The Balaban J connectivity index is 1.81. The van der Waals surface area contributed by atoms with Crippen LogP contribution in [0.15, 0.2) is 63.5 Å². The van der Waals surface area contributed by atoms with E-state index in [1.807, 2.05) is 0 Å². The summed E-state index contributed by atoms with van der Waals surface area (Å²) in [6.45, 7) is 0.0970. The van der Waals surface area contributed by atoms with Gasteiger partial charge >= 0.3 is 0 Å². The number of hydrogen-bond acceptors (Lipinski definition) is 4. The molecule has 0 unspecified atom stereocenters. The largest absolute Gasteiger partial charge is 0.488 e. The van der Waals surface area contributed by atoms with Gasteiger partial charge in [0.2, 0.25) is 0 Å². The first kappa shape index (κ1) is 14.7. The van der Waals surface area contributed by atoms with Gasteiger partial charge < -0.3 is 9.15 Å². The topological polar surface area (TPSA) is 56.5 Å². The molecule has 4 nitrogen and oxygen atoms in total. The van der Waals surface area contributed by atoms with Gasteiger partial charge in [-0.2, -0.15) is 0 Å². The Morgan fingerprint density at radius 2 is 1.92 bits per heavy atom. The lowest BCUT2D eigenvalue weighted by Gasteiger charge is -2.18. The van der Waals surface area contributed by atoms with Gasteiger partial charge in [-0.15, -0.1) is 0 Å². The number of carbonyl (C=O) groups excluding carboxylic acids is 1. The van der Waals surface area contributed by atoms with Crippen molar-refractivity contribution in [2.75, 3.05) is 6.61 Å². The monoisotopic (exact) mass is 338 g/mol. The number of ether oxygens (including phenoxy) is 1. The molecule has 2 aromatic carbocycles. The van der Waals surface area contributed by atoms with Crippen LogP contribution in [0.25, 0.3) is 17.0 Å². The highest BCUT2D eigenvalue weighted by Crippen LogP contribution is 2.30. The van der Waals surface area contributed by atoms with Crippen molar-refractivity contribution in [3.8, 4) is 5.75 Å². The fourth-order valence-electron chi connectivity index (χ4n) is 2.69. The van der Waals surface area contributed by atoms with Crippen LogP contribution in [0.5, 0.6) is 5.75 Å². The fraction of sp³-hybridized carbons (Fsp3) is 0.0526. The van der Waals surface area contributed by atoms with E-state index in [0.717, 1.165) is 0 Å². The summed E-state index contributed by atoms with van der Waals surface area (Å²) in [4.78, 5) is 25.1. The van der Waals surface area contributed by atoms with E-state index in [0.29, 0.717) is 38.4 Å². The molecule has 3 aromatic rings. The molecule has 0 N–H and O–H groups in total. The third-order valence-corrected chi connectivity index (χ3v) is 4.13. The van der Waals surface area contributed by atoms with Crippen molar-refractivity contribution in [2.45, 2.75) is 0 Å². The van der Waals surface area contributed by atoms with Crippen molar-refractivity contribution in [2.24, 2.45) is 0 Å². The van der Waals surface area contributed by atoms with E-state index in [9.17, 15) is 9.59 Å². The van der Waals surface area contributed by atoms with Crippen LogP contribution < -0.4 is 10.2 Å². The molecule has 2 heterocycles. The third kappa shape index (κ3) is 2.41. The van der Waals surface area contributed by atoms with E-state index in [1.54, 1.807) is 42.5 Å². The summed E-state index contributed by atoms with van der Waals surface area (Å²) in [5.41, 5.74) is 1.41. The molecule has 0 saturated heterocycles. The van der Waals surface area contributed by atoms with Gasteiger partial charge in [0.1, 0.15) is 24.2 Å². The Labute approximate surface area is 141 Å². The molecule has 5 heteroatoms. The molecule has 0 atom stereocenters. The zero-order valence-electron chi connectivity index (χ0n) is 12.4. The van der Waals surface area contributed by atoms with Crippen LogP contribution in [0.3, 0.4) is 0 Å². The van der Waals surface area contributed by atoms with E-state index < -0.39 is 0 Å². The van der Waals surface area contributed by atoms with Crippen LogP contribution in [0, 0.1) is 0 Å². The number of hydrogen-bond donors (Lipinski definition) is 0. The van der Waals surface area contributed by atoms with Gasteiger partial charge in [-0.3, -0.25) is 9.59 Å².